The maximum atomic E-state index is 12.2. The second kappa shape index (κ2) is 8.50. The topological polar surface area (TPSA) is 75.2 Å². The molecule has 0 spiro atoms. The van der Waals surface area contributed by atoms with Crippen LogP contribution in [0.3, 0.4) is 0 Å². The molecule has 146 valence electrons. The van der Waals surface area contributed by atoms with Crippen LogP contribution in [0.4, 0.5) is 5.13 Å². The van der Waals surface area contributed by atoms with E-state index >= 15 is 0 Å². The van der Waals surface area contributed by atoms with E-state index in [0.717, 1.165) is 40.7 Å². The Labute approximate surface area is 175 Å². The lowest BCUT2D eigenvalue weighted by Crippen LogP contribution is -2.27. The number of amides is 2. The van der Waals surface area contributed by atoms with Gasteiger partial charge in [0.15, 0.2) is 5.13 Å². The third-order valence-corrected chi connectivity index (χ3v) is 7.27. The van der Waals surface area contributed by atoms with E-state index in [1.54, 1.807) is 27.6 Å². The minimum Gasteiger partial charge on any atom is -0.355 e. The van der Waals surface area contributed by atoms with Crippen molar-refractivity contribution >= 4 is 51.0 Å². The first-order valence-electron chi connectivity index (χ1n) is 9.11. The number of anilines is 1. The number of aromatic nitrogens is 2. The molecule has 28 heavy (non-hydrogen) atoms. The van der Waals surface area contributed by atoms with E-state index in [0.29, 0.717) is 18.1 Å². The lowest BCUT2D eigenvalue weighted by Gasteiger charge is -2.10. The summed E-state index contributed by atoms with van der Waals surface area (Å²) >= 11 is 4.80. The van der Waals surface area contributed by atoms with Gasteiger partial charge < -0.3 is 5.32 Å². The van der Waals surface area contributed by atoms with Gasteiger partial charge in [0.05, 0.1) is 27.7 Å². The number of carbonyl (C=O) groups is 2. The summed E-state index contributed by atoms with van der Waals surface area (Å²) in [5.74, 6) is 0.0741. The molecule has 0 aliphatic carbocycles. The Morgan fingerprint density at radius 1 is 1.25 bits per heavy atom. The zero-order chi connectivity index (χ0) is 19.5. The SMILES string of the molecule is Cc1nc(-c2ccc(CCNC(=O)Cc3csc(N4CCCC4=O)n3)s2)cs1. The second-order valence-corrected chi connectivity index (χ2v) is 9.63. The lowest BCUT2D eigenvalue weighted by atomic mass is 10.3. The highest BCUT2D eigenvalue weighted by Gasteiger charge is 2.24. The fourth-order valence-electron chi connectivity index (χ4n) is 3.03. The average molecular weight is 433 g/mol. The minimum absolute atomic E-state index is 0.0449. The van der Waals surface area contributed by atoms with E-state index in [9.17, 15) is 9.59 Å². The number of nitrogens with one attached hydrogen (secondary N) is 1. The Kier molecular flexibility index (Phi) is 5.84. The molecule has 1 aliphatic heterocycles. The number of hydrogen-bond donors (Lipinski definition) is 1. The molecule has 6 nitrogen and oxygen atoms in total. The standard InChI is InChI=1S/C19H20N4O2S3/c1-12-21-15(11-26-12)16-5-4-14(28-16)6-7-20-17(24)9-13-10-27-19(22-13)23-8-2-3-18(23)25/h4-5,10-11H,2-3,6-9H2,1H3,(H,20,24). The first-order valence-corrected chi connectivity index (χ1v) is 11.7. The van der Waals surface area contributed by atoms with Crippen molar-refractivity contribution in [3.05, 3.63) is 38.5 Å². The molecule has 1 N–H and O–H groups in total. The van der Waals surface area contributed by atoms with Gasteiger partial charge in [-0.05, 0) is 31.9 Å². The fourth-order valence-corrected chi connectivity index (χ4v) is 5.55. The first-order chi connectivity index (χ1) is 13.6. The molecule has 1 fully saturated rings. The Balaban J connectivity index is 1.24. The van der Waals surface area contributed by atoms with E-state index in [4.69, 9.17) is 0 Å². The van der Waals surface area contributed by atoms with Gasteiger partial charge in [0.25, 0.3) is 0 Å². The van der Waals surface area contributed by atoms with E-state index in [1.165, 1.54) is 16.2 Å². The molecule has 1 aliphatic rings. The van der Waals surface area contributed by atoms with Gasteiger partial charge in [0.2, 0.25) is 11.8 Å². The molecule has 0 saturated carbocycles. The monoisotopic (exact) mass is 432 g/mol. The molecule has 0 atom stereocenters. The van der Waals surface area contributed by atoms with Gasteiger partial charge >= 0.3 is 0 Å². The van der Waals surface area contributed by atoms with Crippen LogP contribution in [0.5, 0.6) is 0 Å². The summed E-state index contributed by atoms with van der Waals surface area (Å²) in [5.41, 5.74) is 1.74. The highest BCUT2D eigenvalue weighted by atomic mass is 32.1. The van der Waals surface area contributed by atoms with Gasteiger partial charge in [-0.1, -0.05) is 0 Å². The third kappa shape index (κ3) is 4.48. The van der Waals surface area contributed by atoms with E-state index < -0.39 is 0 Å². The van der Waals surface area contributed by atoms with Crippen LogP contribution >= 0.6 is 34.0 Å². The van der Waals surface area contributed by atoms with Gasteiger partial charge in [-0.15, -0.1) is 34.0 Å². The normalized spacial score (nSPS) is 14.0. The van der Waals surface area contributed by atoms with Gasteiger partial charge in [-0.25, -0.2) is 9.97 Å². The summed E-state index contributed by atoms with van der Waals surface area (Å²) in [6, 6.07) is 4.19. The summed E-state index contributed by atoms with van der Waals surface area (Å²) in [6.07, 6.45) is 2.50. The molecule has 0 unspecified atom stereocenters. The van der Waals surface area contributed by atoms with Crippen molar-refractivity contribution in [3.8, 4) is 10.6 Å². The molecular weight excluding hydrogens is 412 g/mol. The van der Waals surface area contributed by atoms with Crippen LogP contribution in [-0.2, 0) is 22.4 Å². The molecule has 0 radical (unpaired) electrons. The maximum Gasteiger partial charge on any atom is 0.228 e. The highest BCUT2D eigenvalue weighted by molar-refractivity contribution is 7.16. The maximum absolute atomic E-state index is 12.2. The number of thiazole rings is 2. The van der Waals surface area contributed by atoms with Crippen LogP contribution in [0.15, 0.2) is 22.9 Å². The molecule has 3 aromatic rings. The Hall–Kier alpha value is -2.10. The summed E-state index contributed by atoms with van der Waals surface area (Å²) in [4.78, 5) is 37.0. The number of hydrogen-bond acceptors (Lipinski definition) is 7. The van der Waals surface area contributed by atoms with Gasteiger partial charge in [0, 0.05) is 35.1 Å². The molecule has 9 heteroatoms. The predicted octanol–water partition coefficient (Wildman–Crippen LogP) is 3.66. The lowest BCUT2D eigenvalue weighted by molar-refractivity contribution is -0.120. The molecule has 0 bridgehead atoms. The second-order valence-electron chi connectivity index (χ2n) is 6.56. The van der Waals surface area contributed by atoms with Crippen molar-refractivity contribution in [3.63, 3.8) is 0 Å². The van der Waals surface area contributed by atoms with Crippen molar-refractivity contribution < 1.29 is 9.59 Å². The van der Waals surface area contributed by atoms with Crippen LogP contribution in [0.1, 0.15) is 28.4 Å². The summed E-state index contributed by atoms with van der Waals surface area (Å²) < 4.78 is 0. The fraction of sp³-hybridized carbons (Fsp3) is 0.368. The van der Waals surface area contributed by atoms with Crippen LogP contribution in [0.2, 0.25) is 0 Å². The zero-order valence-corrected chi connectivity index (χ0v) is 17.9. The van der Waals surface area contributed by atoms with Crippen molar-refractivity contribution in [1.82, 2.24) is 15.3 Å². The Morgan fingerprint density at radius 2 is 2.14 bits per heavy atom. The number of aryl methyl sites for hydroxylation is 1. The first kappa shape index (κ1) is 19.2. The van der Waals surface area contributed by atoms with E-state index in [-0.39, 0.29) is 18.2 Å². The smallest absolute Gasteiger partial charge is 0.228 e. The van der Waals surface area contributed by atoms with E-state index in [1.807, 2.05) is 12.3 Å². The quantitative estimate of drug-likeness (QED) is 0.618. The average Bonchev–Trinajstić information content (AvgIpc) is 3.42. The van der Waals surface area contributed by atoms with Crippen molar-refractivity contribution in [2.45, 2.75) is 32.6 Å². The van der Waals surface area contributed by atoms with Crippen molar-refractivity contribution in [2.75, 3.05) is 18.0 Å². The molecular formula is C19H20N4O2S3. The molecule has 1 saturated heterocycles. The summed E-state index contributed by atoms with van der Waals surface area (Å²) in [6.45, 7) is 3.32. The van der Waals surface area contributed by atoms with Crippen molar-refractivity contribution in [2.24, 2.45) is 0 Å². The molecule has 4 rings (SSSR count). The largest absolute Gasteiger partial charge is 0.355 e. The Bertz CT molecular complexity index is 991. The summed E-state index contributed by atoms with van der Waals surface area (Å²) in [7, 11) is 0. The van der Waals surface area contributed by atoms with E-state index in [2.05, 4.69) is 32.8 Å². The van der Waals surface area contributed by atoms with Crippen LogP contribution < -0.4 is 10.2 Å². The highest BCUT2D eigenvalue weighted by Crippen LogP contribution is 2.29. The minimum atomic E-state index is -0.0449. The van der Waals surface area contributed by atoms with Gasteiger partial charge in [0.1, 0.15) is 0 Å². The Morgan fingerprint density at radius 3 is 2.89 bits per heavy atom. The molecule has 2 amide bonds. The van der Waals surface area contributed by atoms with Gasteiger partial charge in [-0.2, -0.15) is 0 Å². The molecule has 0 aromatic carbocycles. The molecule has 3 aromatic heterocycles. The summed E-state index contributed by atoms with van der Waals surface area (Å²) in [5, 5.41) is 8.66. The van der Waals surface area contributed by atoms with Crippen LogP contribution in [0.25, 0.3) is 10.6 Å². The van der Waals surface area contributed by atoms with Crippen LogP contribution in [0, 0.1) is 6.92 Å². The number of carbonyl (C=O) groups excluding carboxylic acids is 2. The van der Waals surface area contributed by atoms with Gasteiger partial charge in [-0.3, -0.25) is 14.5 Å². The zero-order valence-electron chi connectivity index (χ0n) is 15.4. The third-order valence-electron chi connectivity index (χ3n) is 4.41. The number of thiophene rings is 1. The molecule has 4 heterocycles. The number of nitrogens with zero attached hydrogens (tertiary/aromatic N) is 3. The number of rotatable bonds is 7. The van der Waals surface area contributed by atoms with Crippen LogP contribution in [-0.4, -0.2) is 34.9 Å². The predicted molar refractivity (Wildman–Crippen MR) is 114 cm³/mol. The van der Waals surface area contributed by atoms with Crippen molar-refractivity contribution in [1.29, 1.82) is 0 Å².